The SMILES string of the molecule is [N-]=[N+]=CC(=O)[C@@H](NC(=O)OCc1ccccc1)c1ccccc1. The fraction of sp³-hybridized carbons (Fsp3) is 0.118. The van der Waals surface area contributed by atoms with Gasteiger partial charge in [-0.25, -0.2) is 4.79 Å². The van der Waals surface area contributed by atoms with Crippen LogP contribution in [-0.4, -0.2) is 22.9 Å². The van der Waals surface area contributed by atoms with E-state index in [4.69, 9.17) is 10.3 Å². The van der Waals surface area contributed by atoms with E-state index in [1.165, 1.54) is 0 Å². The summed E-state index contributed by atoms with van der Waals surface area (Å²) in [5.41, 5.74) is 9.92. The summed E-state index contributed by atoms with van der Waals surface area (Å²) in [5.74, 6) is -0.560. The molecule has 0 fully saturated rings. The van der Waals surface area contributed by atoms with Gasteiger partial charge in [-0.1, -0.05) is 60.7 Å². The van der Waals surface area contributed by atoms with E-state index in [1.54, 1.807) is 30.3 Å². The number of carbonyl (C=O) groups is 2. The fourth-order valence-electron chi connectivity index (χ4n) is 1.98. The Morgan fingerprint density at radius 2 is 1.70 bits per heavy atom. The van der Waals surface area contributed by atoms with E-state index in [-0.39, 0.29) is 6.61 Å². The van der Waals surface area contributed by atoms with Crippen LogP contribution in [0.25, 0.3) is 5.53 Å². The van der Waals surface area contributed by atoms with Crippen LogP contribution in [0.5, 0.6) is 0 Å². The van der Waals surface area contributed by atoms with Crippen LogP contribution < -0.4 is 5.32 Å². The number of hydrogen-bond acceptors (Lipinski definition) is 3. The molecule has 0 aliphatic carbocycles. The average Bonchev–Trinajstić information content (AvgIpc) is 2.59. The molecule has 23 heavy (non-hydrogen) atoms. The normalized spacial score (nSPS) is 11.0. The van der Waals surface area contributed by atoms with Gasteiger partial charge < -0.3 is 15.6 Å². The molecule has 0 aliphatic heterocycles. The summed E-state index contributed by atoms with van der Waals surface area (Å²) >= 11 is 0. The summed E-state index contributed by atoms with van der Waals surface area (Å²) in [4.78, 5) is 26.6. The van der Waals surface area contributed by atoms with E-state index >= 15 is 0 Å². The molecule has 6 nitrogen and oxygen atoms in total. The Balaban J connectivity index is 2.04. The van der Waals surface area contributed by atoms with Gasteiger partial charge >= 0.3 is 12.3 Å². The van der Waals surface area contributed by atoms with Crippen LogP contribution in [0.4, 0.5) is 4.79 Å². The van der Waals surface area contributed by atoms with Crippen molar-refractivity contribution in [2.45, 2.75) is 12.6 Å². The Morgan fingerprint density at radius 3 is 2.30 bits per heavy atom. The predicted octanol–water partition coefficient (Wildman–Crippen LogP) is 2.52. The number of ether oxygens (including phenoxy) is 1. The van der Waals surface area contributed by atoms with Crippen LogP contribution in [-0.2, 0) is 16.1 Å². The number of carbonyl (C=O) groups excluding carboxylic acids is 2. The van der Waals surface area contributed by atoms with E-state index in [2.05, 4.69) is 10.1 Å². The number of ketones is 1. The standard InChI is InChI=1S/C17H15N3O3/c18-19-11-15(21)16(14-9-5-2-6-10-14)20-17(22)23-12-13-7-3-1-4-8-13/h1-11,16H,12H2,(H,20,22)/t16-/m0/s1. The molecule has 1 N–H and O–H groups in total. The van der Waals surface area contributed by atoms with Crippen LogP contribution in [0.1, 0.15) is 17.2 Å². The van der Waals surface area contributed by atoms with Gasteiger partial charge in [0, 0.05) is 0 Å². The summed E-state index contributed by atoms with van der Waals surface area (Å²) in [6.07, 6.45) is 0.0113. The van der Waals surface area contributed by atoms with Gasteiger partial charge in [-0.3, -0.25) is 4.79 Å². The van der Waals surface area contributed by atoms with Crippen molar-refractivity contribution >= 4 is 18.1 Å². The first-order valence-corrected chi connectivity index (χ1v) is 6.94. The van der Waals surface area contributed by atoms with Gasteiger partial charge in [0.05, 0.1) is 0 Å². The van der Waals surface area contributed by atoms with Crippen LogP contribution in [0.3, 0.4) is 0 Å². The zero-order valence-corrected chi connectivity index (χ0v) is 12.3. The van der Waals surface area contributed by atoms with Crippen LogP contribution >= 0.6 is 0 Å². The maximum absolute atomic E-state index is 12.0. The van der Waals surface area contributed by atoms with Gasteiger partial charge in [-0.15, -0.1) is 0 Å². The molecule has 2 aromatic rings. The third-order valence-corrected chi connectivity index (χ3v) is 3.08. The van der Waals surface area contributed by atoms with Gasteiger partial charge in [0.25, 0.3) is 5.78 Å². The van der Waals surface area contributed by atoms with Crippen molar-refractivity contribution in [2.75, 3.05) is 0 Å². The number of amides is 1. The first kappa shape index (κ1) is 16.1. The molecule has 2 aromatic carbocycles. The highest BCUT2D eigenvalue weighted by atomic mass is 16.5. The van der Waals surface area contributed by atoms with Gasteiger partial charge in [0.1, 0.15) is 12.6 Å². The van der Waals surface area contributed by atoms with Gasteiger partial charge in [0.2, 0.25) is 0 Å². The zero-order chi connectivity index (χ0) is 16.5. The maximum Gasteiger partial charge on any atom is 0.408 e. The molecule has 0 spiro atoms. The van der Waals surface area contributed by atoms with Crippen molar-refractivity contribution in [2.24, 2.45) is 0 Å². The highest BCUT2D eigenvalue weighted by Crippen LogP contribution is 2.13. The lowest BCUT2D eigenvalue weighted by Gasteiger charge is -2.15. The van der Waals surface area contributed by atoms with Crippen molar-refractivity contribution in [1.82, 2.24) is 5.32 Å². The second-order valence-corrected chi connectivity index (χ2v) is 4.70. The molecule has 0 aromatic heterocycles. The van der Waals surface area contributed by atoms with E-state index in [9.17, 15) is 9.59 Å². The fourth-order valence-corrected chi connectivity index (χ4v) is 1.98. The monoisotopic (exact) mass is 309 g/mol. The summed E-state index contributed by atoms with van der Waals surface area (Å²) < 4.78 is 5.10. The van der Waals surface area contributed by atoms with Crippen molar-refractivity contribution in [3.05, 3.63) is 77.3 Å². The minimum Gasteiger partial charge on any atom is -0.445 e. The Morgan fingerprint density at radius 1 is 1.09 bits per heavy atom. The molecule has 0 radical (unpaired) electrons. The molecular weight excluding hydrogens is 294 g/mol. The minimum absolute atomic E-state index is 0.0937. The number of nitrogens with one attached hydrogen (secondary N) is 1. The molecule has 6 heteroatoms. The summed E-state index contributed by atoms with van der Waals surface area (Å²) in [6.45, 7) is 0.0937. The number of hydrogen-bond donors (Lipinski definition) is 1. The first-order valence-electron chi connectivity index (χ1n) is 6.94. The number of rotatable bonds is 6. The molecule has 116 valence electrons. The Kier molecular flexibility index (Phi) is 5.80. The van der Waals surface area contributed by atoms with Crippen LogP contribution in [0.2, 0.25) is 0 Å². The summed E-state index contributed by atoms with van der Waals surface area (Å²) in [7, 11) is 0. The third-order valence-electron chi connectivity index (χ3n) is 3.08. The van der Waals surface area contributed by atoms with Crippen LogP contribution in [0.15, 0.2) is 60.7 Å². The highest BCUT2D eigenvalue weighted by molar-refractivity contribution is 6.28. The summed E-state index contributed by atoms with van der Waals surface area (Å²) in [6, 6.07) is 16.9. The van der Waals surface area contributed by atoms with Crippen molar-refractivity contribution < 1.29 is 19.1 Å². The molecular formula is C17H15N3O3. The molecule has 2 rings (SSSR count). The summed E-state index contributed by atoms with van der Waals surface area (Å²) in [5, 5.41) is 2.48. The first-order chi connectivity index (χ1) is 11.2. The molecule has 1 atom stereocenters. The topological polar surface area (TPSA) is 91.8 Å². The highest BCUT2D eigenvalue weighted by Gasteiger charge is 2.24. The molecule has 0 saturated carbocycles. The molecule has 0 saturated heterocycles. The van der Waals surface area contributed by atoms with E-state index in [1.807, 2.05) is 30.3 Å². The lowest BCUT2D eigenvalue weighted by atomic mass is 10.0. The molecule has 1 amide bonds. The van der Waals surface area contributed by atoms with Crippen molar-refractivity contribution in [1.29, 1.82) is 0 Å². The number of Topliss-reactive ketones (excluding diaryl/α,β-unsaturated/α-hetero) is 1. The number of benzene rings is 2. The Hall–Kier alpha value is -3.24. The van der Waals surface area contributed by atoms with Crippen molar-refractivity contribution in [3.63, 3.8) is 0 Å². The average molecular weight is 309 g/mol. The Labute approximate surface area is 133 Å². The van der Waals surface area contributed by atoms with Gasteiger partial charge in [0.15, 0.2) is 0 Å². The maximum atomic E-state index is 12.0. The molecule has 0 unspecified atom stereocenters. The predicted molar refractivity (Wildman–Crippen MR) is 83.6 cm³/mol. The smallest absolute Gasteiger partial charge is 0.408 e. The lowest BCUT2D eigenvalue weighted by Crippen LogP contribution is -2.34. The van der Waals surface area contributed by atoms with E-state index in [0.717, 1.165) is 11.8 Å². The zero-order valence-electron chi connectivity index (χ0n) is 12.3. The second-order valence-electron chi connectivity index (χ2n) is 4.70. The minimum atomic E-state index is -0.977. The molecule has 0 heterocycles. The lowest BCUT2D eigenvalue weighted by molar-refractivity contribution is -0.118. The van der Waals surface area contributed by atoms with E-state index < -0.39 is 17.9 Å². The van der Waals surface area contributed by atoms with E-state index in [0.29, 0.717) is 5.56 Å². The Bertz CT molecular complexity index is 710. The molecule has 0 bridgehead atoms. The molecule has 0 aliphatic rings. The van der Waals surface area contributed by atoms with Gasteiger partial charge in [-0.05, 0) is 11.1 Å². The second kappa shape index (κ2) is 8.26. The number of nitrogens with zero attached hydrogens (tertiary/aromatic N) is 2. The quantitative estimate of drug-likeness (QED) is 0.505. The largest absolute Gasteiger partial charge is 0.445 e. The third kappa shape index (κ3) is 4.91. The van der Waals surface area contributed by atoms with Crippen LogP contribution in [0, 0.1) is 0 Å². The van der Waals surface area contributed by atoms with Gasteiger partial charge in [-0.2, -0.15) is 4.79 Å². The number of alkyl carbamates (subject to hydrolysis) is 1. The van der Waals surface area contributed by atoms with Crippen molar-refractivity contribution in [3.8, 4) is 0 Å².